The van der Waals surface area contributed by atoms with Crippen molar-refractivity contribution in [2.75, 3.05) is 26.2 Å². The summed E-state index contributed by atoms with van der Waals surface area (Å²) < 4.78 is 1.15. The van der Waals surface area contributed by atoms with Crippen molar-refractivity contribution in [3.8, 4) is 0 Å². The van der Waals surface area contributed by atoms with E-state index < -0.39 is 0 Å². The maximum Gasteiger partial charge on any atom is 0.222 e. The first-order chi connectivity index (χ1) is 9.16. The lowest BCUT2D eigenvalue weighted by Crippen LogP contribution is -2.46. The lowest BCUT2D eigenvalue weighted by atomic mass is 10.1. The number of nitrogens with zero attached hydrogens (tertiary/aromatic N) is 1. The summed E-state index contributed by atoms with van der Waals surface area (Å²) in [6.45, 7) is 5.65. The molecule has 1 aliphatic heterocycles. The number of hydrogen-bond donors (Lipinski definition) is 1. The highest BCUT2D eigenvalue weighted by molar-refractivity contribution is 9.10. The lowest BCUT2D eigenvalue weighted by Gasteiger charge is -2.27. The van der Waals surface area contributed by atoms with Crippen molar-refractivity contribution < 1.29 is 4.79 Å². The number of piperazine rings is 1. The third-order valence-electron chi connectivity index (χ3n) is 3.52. The molecular formula is C15H21BrN2O. The van der Waals surface area contributed by atoms with Gasteiger partial charge in [0.2, 0.25) is 5.91 Å². The minimum Gasteiger partial charge on any atom is -0.340 e. The molecule has 1 aromatic carbocycles. The molecule has 4 heteroatoms. The smallest absolute Gasteiger partial charge is 0.222 e. The van der Waals surface area contributed by atoms with E-state index in [1.165, 1.54) is 11.1 Å². The topological polar surface area (TPSA) is 32.3 Å². The molecule has 3 nitrogen and oxygen atoms in total. The molecule has 0 bridgehead atoms. The van der Waals surface area contributed by atoms with Crippen molar-refractivity contribution in [2.45, 2.75) is 26.2 Å². The molecule has 1 aromatic rings. The van der Waals surface area contributed by atoms with Gasteiger partial charge in [-0.2, -0.15) is 0 Å². The molecule has 104 valence electrons. The number of rotatable bonds is 4. The van der Waals surface area contributed by atoms with Gasteiger partial charge in [0.25, 0.3) is 0 Å². The van der Waals surface area contributed by atoms with E-state index >= 15 is 0 Å². The summed E-state index contributed by atoms with van der Waals surface area (Å²) in [5.74, 6) is 0.296. The number of carbonyl (C=O) groups is 1. The number of amides is 1. The molecule has 0 radical (unpaired) electrons. The first-order valence-electron chi connectivity index (χ1n) is 6.90. The Bertz CT molecular complexity index is 442. The second-order valence-corrected chi connectivity index (χ2v) is 5.93. The molecule has 0 aliphatic carbocycles. The maximum absolute atomic E-state index is 12.0. The monoisotopic (exact) mass is 324 g/mol. The average molecular weight is 325 g/mol. The summed E-state index contributed by atoms with van der Waals surface area (Å²) in [4.78, 5) is 14.0. The zero-order chi connectivity index (χ0) is 13.7. The van der Waals surface area contributed by atoms with Gasteiger partial charge in [-0.1, -0.05) is 28.1 Å². The van der Waals surface area contributed by atoms with Crippen LogP contribution in [0.2, 0.25) is 0 Å². The van der Waals surface area contributed by atoms with E-state index in [1.54, 1.807) is 0 Å². The molecule has 0 spiro atoms. The molecule has 19 heavy (non-hydrogen) atoms. The molecule has 0 unspecified atom stereocenters. The largest absolute Gasteiger partial charge is 0.340 e. The predicted octanol–water partition coefficient (Wildman–Crippen LogP) is 2.51. The number of halogens is 1. The number of nitrogens with one attached hydrogen (secondary N) is 1. The molecule has 1 fully saturated rings. The number of carbonyl (C=O) groups excluding carboxylic acids is 1. The van der Waals surface area contributed by atoms with Gasteiger partial charge in [0, 0.05) is 37.1 Å². The quantitative estimate of drug-likeness (QED) is 0.923. The zero-order valence-electron chi connectivity index (χ0n) is 11.4. The first-order valence-corrected chi connectivity index (χ1v) is 7.69. The maximum atomic E-state index is 12.0. The molecule has 0 saturated carbocycles. The average Bonchev–Trinajstić information content (AvgIpc) is 2.42. The van der Waals surface area contributed by atoms with E-state index in [0.717, 1.165) is 43.5 Å². The van der Waals surface area contributed by atoms with Crippen LogP contribution >= 0.6 is 15.9 Å². The molecular weight excluding hydrogens is 304 g/mol. The Kier molecular flexibility index (Phi) is 5.40. The van der Waals surface area contributed by atoms with E-state index in [-0.39, 0.29) is 0 Å². The van der Waals surface area contributed by atoms with Crippen LogP contribution in [-0.2, 0) is 11.2 Å². The summed E-state index contributed by atoms with van der Waals surface area (Å²) in [5, 5.41) is 3.26. The third-order valence-corrected chi connectivity index (χ3v) is 4.25. The van der Waals surface area contributed by atoms with Crippen molar-refractivity contribution in [3.63, 3.8) is 0 Å². The summed E-state index contributed by atoms with van der Waals surface area (Å²) in [7, 11) is 0. The molecule has 1 aliphatic rings. The van der Waals surface area contributed by atoms with Crippen molar-refractivity contribution in [2.24, 2.45) is 0 Å². The van der Waals surface area contributed by atoms with Crippen LogP contribution in [0, 0.1) is 6.92 Å². The fraction of sp³-hybridized carbons (Fsp3) is 0.533. The molecule has 0 atom stereocenters. The Hall–Kier alpha value is -0.870. The lowest BCUT2D eigenvalue weighted by molar-refractivity contribution is -0.131. The van der Waals surface area contributed by atoms with Crippen molar-refractivity contribution in [1.82, 2.24) is 10.2 Å². The summed E-state index contributed by atoms with van der Waals surface area (Å²) in [6.07, 6.45) is 2.53. The van der Waals surface area contributed by atoms with E-state index in [4.69, 9.17) is 0 Å². The van der Waals surface area contributed by atoms with E-state index in [0.29, 0.717) is 12.3 Å². The van der Waals surface area contributed by atoms with Crippen LogP contribution in [-0.4, -0.2) is 37.0 Å². The third kappa shape index (κ3) is 4.32. The SMILES string of the molecule is Cc1ccc(CCCC(=O)N2CCNCC2)c(Br)c1. The second kappa shape index (κ2) is 7.06. The standard InChI is InChI=1S/C15H21BrN2O/c1-12-5-6-13(14(16)11-12)3-2-4-15(19)18-9-7-17-8-10-18/h5-6,11,17H,2-4,7-10H2,1H3. The summed E-state index contributed by atoms with van der Waals surface area (Å²) >= 11 is 3.59. The van der Waals surface area contributed by atoms with Crippen LogP contribution in [0.25, 0.3) is 0 Å². The number of hydrogen-bond acceptors (Lipinski definition) is 2. The second-order valence-electron chi connectivity index (χ2n) is 5.08. The van der Waals surface area contributed by atoms with Crippen molar-refractivity contribution in [1.29, 1.82) is 0 Å². The van der Waals surface area contributed by atoms with Gasteiger partial charge in [-0.05, 0) is 37.0 Å². The van der Waals surface area contributed by atoms with Gasteiger partial charge in [0.15, 0.2) is 0 Å². The minimum atomic E-state index is 0.296. The van der Waals surface area contributed by atoms with Gasteiger partial charge in [-0.25, -0.2) is 0 Å². The Balaban J connectivity index is 1.78. The highest BCUT2D eigenvalue weighted by Crippen LogP contribution is 2.20. The van der Waals surface area contributed by atoms with Crippen LogP contribution < -0.4 is 5.32 Å². The summed E-state index contributed by atoms with van der Waals surface area (Å²) in [6, 6.07) is 6.40. The predicted molar refractivity (Wildman–Crippen MR) is 81.3 cm³/mol. The Labute approximate surface area is 123 Å². The van der Waals surface area contributed by atoms with Crippen LogP contribution in [0.15, 0.2) is 22.7 Å². The number of benzene rings is 1. The summed E-state index contributed by atoms with van der Waals surface area (Å²) in [5.41, 5.74) is 2.55. The Morgan fingerprint density at radius 1 is 1.37 bits per heavy atom. The van der Waals surface area contributed by atoms with Gasteiger partial charge in [-0.15, -0.1) is 0 Å². The van der Waals surface area contributed by atoms with E-state index in [2.05, 4.69) is 46.4 Å². The fourth-order valence-corrected chi connectivity index (χ4v) is 3.05. The molecule has 1 amide bonds. The van der Waals surface area contributed by atoms with Crippen LogP contribution in [0.1, 0.15) is 24.0 Å². The van der Waals surface area contributed by atoms with Crippen LogP contribution in [0.4, 0.5) is 0 Å². The first kappa shape index (κ1) is 14.5. The van der Waals surface area contributed by atoms with Gasteiger partial charge in [0.1, 0.15) is 0 Å². The van der Waals surface area contributed by atoms with E-state index in [9.17, 15) is 4.79 Å². The van der Waals surface area contributed by atoms with E-state index in [1.807, 2.05) is 4.90 Å². The van der Waals surface area contributed by atoms with Crippen LogP contribution in [0.3, 0.4) is 0 Å². The molecule has 2 rings (SSSR count). The van der Waals surface area contributed by atoms with Gasteiger partial charge >= 0.3 is 0 Å². The highest BCUT2D eigenvalue weighted by Gasteiger charge is 2.15. The molecule has 1 N–H and O–H groups in total. The Morgan fingerprint density at radius 3 is 2.79 bits per heavy atom. The molecule has 1 saturated heterocycles. The van der Waals surface area contributed by atoms with Crippen LogP contribution in [0.5, 0.6) is 0 Å². The van der Waals surface area contributed by atoms with Gasteiger partial charge < -0.3 is 10.2 Å². The Morgan fingerprint density at radius 2 is 2.11 bits per heavy atom. The highest BCUT2D eigenvalue weighted by atomic mass is 79.9. The zero-order valence-corrected chi connectivity index (χ0v) is 13.0. The van der Waals surface area contributed by atoms with Gasteiger partial charge in [0.05, 0.1) is 0 Å². The normalized spacial score (nSPS) is 15.6. The molecule has 1 heterocycles. The fourth-order valence-electron chi connectivity index (χ4n) is 2.36. The number of aryl methyl sites for hydroxylation is 2. The van der Waals surface area contributed by atoms with Crippen molar-refractivity contribution >= 4 is 21.8 Å². The van der Waals surface area contributed by atoms with Crippen molar-refractivity contribution in [3.05, 3.63) is 33.8 Å². The van der Waals surface area contributed by atoms with Gasteiger partial charge in [-0.3, -0.25) is 4.79 Å². The minimum absolute atomic E-state index is 0.296. The molecule has 0 aromatic heterocycles.